The van der Waals surface area contributed by atoms with Crippen LogP contribution in [0.1, 0.15) is 5.56 Å². The van der Waals surface area contributed by atoms with Crippen LogP contribution in [0, 0.1) is 6.92 Å². The summed E-state index contributed by atoms with van der Waals surface area (Å²) in [6, 6.07) is 14.7. The van der Waals surface area contributed by atoms with Crippen molar-refractivity contribution in [3.8, 4) is 11.1 Å². The molecule has 0 N–H and O–H groups in total. The molecule has 0 aliphatic rings. The van der Waals surface area contributed by atoms with Crippen LogP contribution in [0.25, 0.3) is 11.1 Å². The third-order valence-corrected chi connectivity index (χ3v) is 3.62. The Morgan fingerprint density at radius 1 is 0.800 bits per heavy atom. The van der Waals surface area contributed by atoms with Crippen molar-refractivity contribution in [1.29, 1.82) is 0 Å². The number of halogens is 2. The molecule has 0 unspecified atom stereocenters. The number of hydrogen-bond acceptors (Lipinski definition) is 0. The fraction of sp³-hybridized carbons (Fsp3) is 0.0769. The summed E-state index contributed by atoms with van der Waals surface area (Å²) < 4.78 is 2.22. The van der Waals surface area contributed by atoms with Crippen LogP contribution in [0.2, 0.25) is 0 Å². The molecular weight excluding hydrogens is 316 g/mol. The lowest BCUT2D eigenvalue weighted by molar-refractivity contribution is 1.46. The number of rotatable bonds is 1. The minimum atomic E-state index is 1.11. The molecule has 0 bridgehead atoms. The molecule has 0 aliphatic carbocycles. The fourth-order valence-electron chi connectivity index (χ4n) is 1.49. The highest BCUT2D eigenvalue weighted by atomic mass is 79.9. The summed E-state index contributed by atoms with van der Waals surface area (Å²) in [6.45, 7) is 2.10. The van der Waals surface area contributed by atoms with Gasteiger partial charge >= 0.3 is 0 Å². The van der Waals surface area contributed by atoms with Gasteiger partial charge in [0.2, 0.25) is 0 Å². The van der Waals surface area contributed by atoms with Crippen molar-refractivity contribution in [3.63, 3.8) is 0 Å². The molecule has 0 saturated carbocycles. The average molecular weight is 326 g/mol. The van der Waals surface area contributed by atoms with E-state index in [0.29, 0.717) is 0 Å². The third kappa shape index (κ3) is 2.32. The van der Waals surface area contributed by atoms with Gasteiger partial charge in [0, 0.05) is 14.5 Å². The van der Waals surface area contributed by atoms with Crippen LogP contribution in [-0.4, -0.2) is 0 Å². The van der Waals surface area contributed by atoms with Crippen molar-refractivity contribution in [2.75, 3.05) is 0 Å². The van der Waals surface area contributed by atoms with E-state index in [9.17, 15) is 0 Å². The van der Waals surface area contributed by atoms with Gasteiger partial charge in [-0.25, -0.2) is 0 Å². The molecule has 0 spiro atoms. The molecule has 2 heteroatoms. The van der Waals surface area contributed by atoms with E-state index in [-0.39, 0.29) is 0 Å². The second kappa shape index (κ2) is 4.50. The lowest BCUT2D eigenvalue weighted by atomic mass is 10.0. The molecule has 0 fully saturated rings. The van der Waals surface area contributed by atoms with Crippen LogP contribution >= 0.6 is 31.9 Å². The zero-order valence-electron chi connectivity index (χ0n) is 8.30. The second-order valence-corrected chi connectivity index (χ2v) is 5.17. The number of aryl methyl sites for hydroxylation is 1. The van der Waals surface area contributed by atoms with Gasteiger partial charge in [0.05, 0.1) is 0 Å². The van der Waals surface area contributed by atoms with Gasteiger partial charge in [0.1, 0.15) is 0 Å². The van der Waals surface area contributed by atoms with Gasteiger partial charge in [-0.1, -0.05) is 67.8 Å². The first kappa shape index (κ1) is 10.9. The maximum absolute atomic E-state index is 3.57. The van der Waals surface area contributed by atoms with E-state index >= 15 is 0 Å². The SMILES string of the molecule is Cc1ccc(-c2c(Br)cccc2Br)cc1. The van der Waals surface area contributed by atoms with Crippen LogP contribution in [0.4, 0.5) is 0 Å². The first-order valence-corrected chi connectivity index (χ1v) is 6.28. The molecule has 0 heterocycles. The molecule has 0 saturated heterocycles. The minimum absolute atomic E-state index is 1.11. The molecule has 0 radical (unpaired) electrons. The summed E-state index contributed by atoms with van der Waals surface area (Å²) in [5.41, 5.74) is 3.71. The Bertz CT molecular complexity index is 452. The van der Waals surface area contributed by atoms with Gasteiger partial charge in [-0.15, -0.1) is 0 Å². The van der Waals surface area contributed by atoms with Gasteiger partial charge in [-0.05, 0) is 24.6 Å². The van der Waals surface area contributed by atoms with Crippen molar-refractivity contribution < 1.29 is 0 Å². The zero-order valence-corrected chi connectivity index (χ0v) is 11.5. The fourth-order valence-corrected chi connectivity index (χ4v) is 2.95. The zero-order chi connectivity index (χ0) is 10.8. The summed E-state index contributed by atoms with van der Waals surface area (Å²) in [4.78, 5) is 0. The summed E-state index contributed by atoms with van der Waals surface area (Å²) in [5.74, 6) is 0. The van der Waals surface area contributed by atoms with E-state index in [1.165, 1.54) is 16.7 Å². The van der Waals surface area contributed by atoms with Gasteiger partial charge in [0.25, 0.3) is 0 Å². The Balaban J connectivity index is 2.58. The van der Waals surface area contributed by atoms with E-state index in [4.69, 9.17) is 0 Å². The van der Waals surface area contributed by atoms with E-state index < -0.39 is 0 Å². The predicted octanol–water partition coefficient (Wildman–Crippen LogP) is 5.19. The molecule has 0 aromatic heterocycles. The molecule has 0 amide bonds. The maximum Gasteiger partial charge on any atom is 0.0265 e. The molecule has 2 aromatic carbocycles. The Kier molecular flexibility index (Phi) is 3.27. The Hall–Kier alpha value is -0.600. The highest BCUT2D eigenvalue weighted by Crippen LogP contribution is 2.34. The standard InChI is InChI=1S/C13H10Br2/c1-9-5-7-10(8-6-9)13-11(14)3-2-4-12(13)15/h2-8H,1H3. The van der Waals surface area contributed by atoms with Gasteiger partial charge < -0.3 is 0 Å². The van der Waals surface area contributed by atoms with Crippen molar-refractivity contribution in [2.45, 2.75) is 6.92 Å². The Morgan fingerprint density at radius 2 is 1.33 bits per heavy atom. The first-order chi connectivity index (χ1) is 7.18. The maximum atomic E-state index is 3.57. The van der Waals surface area contributed by atoms with E-state index in [0.717, 1.165) is 8.95 Å². The molecule has 0 atom stereocenters. The highest BCUT2D eigenvalue weighted by Gasteiger charge is 2.06. The molecule has 2 aromatic rings. The predicted molar refractivity (Wildman–Crippen MR) is 72.0 cm³/mol. The largest absolute Gasteiger partial charge is 0.0600 e. The number of hydrogen-bond donors (Lipinski definition) is 0. The summed E-state index contributed by atoms with van der Waals surface area (Å²) in [7, 11) is 0. The minimum Gasteiger partial charge on any atom is -0.0600 e. The average Bonchev–Trinajstić information content (AvgIpc) is 2.20. The van der Waals surface area contributed by atoms with Crippen molar-refractivity contribution in [1.82, 2.24) is 0 Å². The Labute approximate surface area is 107 Å². The highest BCUT2D eigenvalue weighted by molar-refractivity contribution is 9.11. The monoisotopic (exact) mass is 324 g/mol. The number of benzene rings is 2. The first-order valence-electron chi connectivity index (χ1n) is 4.69. The molecule has 2 rings (SSSR count). The van der Waals surface area contributed by atoms with Crippen LogP contribution in [0.5, 0.6) is 0 Å². The molecule has 76 valence electrons. The second-order valence-electron chi connectivity index (χ2n) is 3.46. The van der Waals surface area contributed by atoms with E-state index in [1.807, 2.05) is 6.07 Å². The third-order valence-electron chi connectivity index (χ3n) is 2.30. The van der Waals surface area contributed by atoms with Gasteiger partial charge in [-0.3, -0.25) is 0 Å². The van der Waals surface area contributed by atoms with Crippen LogP contribution in [0.15, 0.2) is 51.4 Å². The summed E-state index contributed by atoms with van der Waals surface area (Å²) >= 11 is 7.14. The molecule has 0 aliphatic heterocycles. The smallest absolute Gasteiger partial charge is 0.0265 e. The van der Waals surface area contributed by atoms with Gasteiger partial charge in [0.15, 0.2) is 0 Å². The van der Waals surface area contributed by atoms with Crippen molar-refractivity contribution >= 4 is 31.9 Å². The molecule has 15 heavy (non-hydrogen) atoms. The van der Waals surface area contributed by atoms with Crippen molar-refractivity contribution in [3.05, 3.63) is 57.0 Å². The summed E-state index contributed by atoms with van der Waals surface area (Å²) in [6.07, 6.45) is 0. The van der Waals surface area contributed by atoms with Crippen molar-refractivity contribution in [2.24, 2.45) is 0 Å². The van der Waals surface area contributed by atoms with Crippen LogP contribution < -0.4 is 0 Å². The van der Waals surface area contributed by atoms with Crippen LogP contribution in [0.3, 0.4) is 0 Å². The Morgan fingerprint density at radius 3 is 1.87 bits per heavy atom. The normalized spacial score (nSPS) is 10.3. The summed E-state index contributed by atoms with van der Waals surface area (Å²) in [5, 5.41) is 0. The van der Waals surface area contributed by atoms with E-state index in [2.05, 4.69) is 75.2 Å². The van der Waals surface area contributed by atoms with Gasteiger partial charge in [-0.2, -0.15) is 0 Å². The quantitative estimate of drug-likeness (QED) is 0.677. The van der Waals surface area contributed by atoms with E-state index in [1.54, 1.807) is 0 Å². The molecular formula is C13H10Br2. The lowest BCUT2D eigenvalue weighted by Gasteiger charge is -2.07. The van der Waals surface area contributed by atoms with Crippen LogP contribution in [-0.2, 0) is 0 Å². The molecule has 0 nitrogen and oxygen atoms in total. The topological polar surface area (TPSA) is 0 Å². The lowest BCUT2D eigenvalue weighted by Crippen LogP contribution is -1.82.